The predicted molar refractivity (Wildman–Crippen MR) is 130 cm³/mol. The van der Waals surface area contributed by atoms with Crippen molar-refractivity contribution in [2.45, 2.75) is 77.1 Å². The summed E-state index contributed by atoms with van der Waals surface area (Å²) in [5, 5.41) is 3.08. The molecule has 3 atom stereocenters. The van der Waals surface area contributed by atoms with Crippen LogP contribution in [0.4, 0.5) is 0 Å². The molecule has 1 aromatic carbocycles. The van der Waals surface area contributed by atoms with Gasteiger partial charge in [-0.15, -0.1) is 0 Å². The third kappa shape index (κ3) is 5.51. The minimum absolute atomic E-state index is 0.00393. The number of carbonyl (C=O) groups excluding carboxylic acids is 3. The largest absolute Gasteiger partial charge is 0.490 e. The number of ketones is 1. The van der Waals surface area contributed by atoms with Gasteiger partial charge in [-0.1, -0.05) is 30.3 Å². The maximum atomic E-state index is 13.1. The Balaban J connectivity index is 1.48. The van der Waals surface area contributed by atoms with E-state index in [0.29, 0.717) is 25.1 Å². The number of benzene rings is 1. The Morgan fingerprint density at radius 1 is 1.15 bits per heavy atom. The molecule has 7 nitrogen and oxygen atoms in total. The molecule has 0 aliphatic carbocycles. The minimum atomic E-state index is -0.427. The molecule has 3 heterocycles. The van der Waals surface area contributed by atoms with Crippen molar-refractivity contribution in [3.8, 4) is 0 Å². The number of nitrogens with zero attached hydrogens (tertiary/aromatic N) is 2. The lowest BCUT2D eigenvalue weighted by Gasteiger charge is -2.34. The maximum Gasteiger partial charge on any atom is 0.250 e. The Hall–Kier alpha value is -3.09. The first kappa shape index (κ1) is 24.0. The molecule has 1 N–H and O–H groups in total. The molecule has 0 spiro atoms. The van der Waals surface area contributed by atoms with Crippen molar-refractivity contribution < 1.29 is 19.1 Å². The quantitative estimate of drug-likeness (QED) is 0.639. The van der Waals surface area contributed by atoms with Crippen LogP contribution >= 0.6 is 0 Å². The number of carbonyl (C=O) groups is 3. The molecule has 7 heteroatoms. The van der Waals surface area contributed by atoms with Crippen LogP contribution in [0.1, 0.15) is 52.5 Å². The summed E-state index contributed by atoms with van der Waals surface area (Å²) in [6.07, 6.45) is 5.78. The first-order chi connectivity index (χ1) is 16.1. The van der Waals surface area contributed by atoms with E-state index in [9.17, 15) is 14.4 Å². The van der Waals surface area contributed by atoms with Crippen LogP contribution in [-0.2, 0) is 25.5 Å². The second-order valence-corrected chi connectivity index (χ2v) is 10.5. The molecule has 182 valence electrons. The first-order valence-electron chi connectivity index (χ1n) is 12.1. The molecule has 3 aliphatic heterocycles. The molecule has 2 amide bonds. The van der Waals surface area contributed by atoms with Crippen LogP contribution in [0, 0.1) is 0 Å². The monoisotopic (exact) mass is 465 g/mol. The highest BCUT2D eigenvalue weighted by Gasteiger charge is 2.43. The average Bonchev–Trinajstić information content (AvgIpc) is 3.43. The van der Waals surface area contributed by atoms with Gasteiger partial charge in [-0.3, -0.25) is 9.59 Å². The Kier molecular flexibility index (Phi) is 6.82. The topological polar surface area (TPSA) is 79.0 Å². The van der Waals surface area contributed by atoms with Gasteiger partial charge in [0.25, 0.3) is 5.91 Å². The molecule has 34 heavy (non-hydrogen) atoms. The van der Waals surface area contributed by atoms with E-state index in [1.807, 2.05) is 43.9 Å². The smallest absolute Gasteiger partial charge is 0.250 e. The van der Waals surface area contributed by atoms with Crippen LogP contribution in [0.2, 0.25) is 0 Å². The van der Waals surface area contributed by atoms with Crippen LogP contribution in [0.5, 0.6) is 0 Å². The number of nitrogens with one attached hydrogen (secondary N) is 1. The van der Waals surface area contributed by atoms with E-state index in [0.717, 1.165) is 25.1 Å². The van der Waals surface area contributed by atoms with Crippen molar-refractivity contribution in [2.75, 3.05) is 13.1 Å². The van der Waals surface area contributed by atoms with Gasteiger partial charge in [-0.25, -0.2) is 0 Å². The van der Waals surface area contributed by atoms with E-state index in [1.54, 1.807) is 19.1 Å². The first-order valence-corrected chi connectivity index (χ1v) is 12.1. The van der Waals surface area contributed by atoms with Crippen LogP contribution in [-0.4, -0.2) is 64.2 Å². The molecule has 1 saturated heterocycles. The fourth-order valence-electron chi connectivity index (χ4n) is 5.13. The normalized spacial score (nSPS) is 24.9. The Bertz CT molecular complexity index is 1010. The van der Waals surface area contributed by atoms with Gasteiger partial charge in [-0.05, 0) is 52.5 Å². The lowest BCUT2D eigenvalue weighted by Crippen LogP contribution is -2.46. The zero-order chi connectivity index (χ0) is 24.5. The fraction of sp³-hybridized carbons (Fsp3) is 0.519. The molecule has 1 fully saturated rings. The van der Waals surface area contributed by atoms with Gasteiger partial charge in [0.05, 0.1) is 18.1 Å². The van der Waals surface area contributed by atoms with E-state index in [4.69, 9.17) is 4.74 Å². The Morgan fingerprint density at radius 3 is 2.56 bits per heavy atom. The second kappa shape index (κ2) is 9.65. The lowest BCUT2D eigenvalue weighted by atomic mass is 10.0. The standard InChI is InChI=1S/C27H35N3O4/c1-18(31)10-11-22-24(34-27(2,3)4)16-26(33)30(22)20-12-13-29(17-20)23-15-25(32)28-21(23)14-19-8-6-5-7-9-19/h5-9,15-16,20-22H,10-14,17H2,1-4H3,(H,28,32)/t20-,21-,22-/m0/s1. The molecular weight excluding hydrogens is 430 g/mol. The maximum absolute atomic E-state index is 13.1. The van der Waals surface area contributed by atoms with E-state index < -0.39 is 5.60 Å². The van der Waals surface area contributed by atoms with Crippen molar-refractivity contribution >= 4 is 17.6 Å². The van der Waals surface area contributed by atoms with E-state index in [2.05, 4.69) is 22.3 Å². The summed E-state index contributed by atoms with van der Waals surface area (Å²) in [6, 6.07) is 9.82. The predicted octanol–water partition coefficient (Wildman–Crippen LogP) is 2.96. The average molecular weight is 466 g/mol. The van der Waals surface area contributed by atoms with E-state index in [-0.39, 0.29) is 35.7 Å². The molecule has 0 radical (unpaired) electrons. The summed E-state index contributed by atoms with van der Waals surface area (Å²) in [6.45, 7) is 8.90. The van der Waals surface area contributed by atoms with Gasteiger partial charge in [0.2, 0.25) is 5.91 Å². The van der Waals surface area contributed by atoms with Gasteiger partial charge in [0, 0.05) is 37.4 Å². The number of hydrogen-bond acceptors (Lipinski definition) is 5. The van der Waals surface area contributed by atoms with Crippen LogP contribution < -0.4 is 5.32 Å². The number of ether oxygens (including phenoxy) is 1. The number of likely N-dealkylation sites (tertiary alicyclic amines) is 1. The number of hydrogen-bond donors (Lipinski definition) is 1. The molecule has 0 saturated carbocycles. The van der Waals surface area contributed by atoms with Crippen molar-refractivity contribution in [1.29, 1.82) is 0 Å². The zero-order valence-electron chi connectivity index (χ0n) is 20.5. The molecule has 0 unspecified atom stereocenters. The summed E-state index contributed by atoms with van der Waals surface area (Å²) in [7, 11) is 0. The van der Waals surface area contributed by atoms with Gasteiger partial charge < -0.3 is 24.6 Å². The van der Waals surface area contributed by atoms with Gasteiger partial charge in [-0.2, -0.15) is 0 Å². The second-order valence-electron chi connectivity index (χ2n) is 10.5. The van der Waals surface area contributed by atoms with E-state index >= 15 is 0 Å². The van der Waals surface area contributed by atoms with Crippen LogP contribution in [0.3, 0.4) is 0 Å². The molecule has 0 aromatic heterocycles. The minimum Gasteiger partial charge on any atom is -0.490 e. The van der Waals surface area contributed by atoms with Crippen molar-refractivity contribution in [1.82, 2.24) is 15.1 Å². The third-order valence-corrected chi connectivity index (χ3v) is 6.54. The highest BCUT2D eigenvalue weighted by Crippen LogP contribution is 2.34. The van der Waals surface area contributed by atoms with Crippen molar-refractivity contribution in [3.05, 3.63) is 59.5 Å². The number of amides is 2. The van der Waals surface area contributed by atoms with Crippen LogP contribution in [0.15, 0.2) is 53.9 Å². The summed E-state index contributed by atoms with van der Waals surface area (Å²) < 4.78 is 6.14. The van der Waals surface area contributed by atoms with Gasteiger partial charge in [0.1, 0.15) is 17.1 Å². The highest BCUT2D eigenvalue weighted by molar-refractivity contribution is 5.92. The van der Waals surface area contributed by atoms with Gasteiger partial charge >= 0.3 is 0 Å². The van der Waals surface area contributed by atoms with E-state index in [1.165, 1.54) is 5.56 Å². The molecule has 0 bridgehead atoms. The zero-order valence-corrected chi connectivity index (χ0v) is 20.5. The number of rotatable bonds is 8. The summed E-state index contributed by atoms with van der Waals surface area (Å²) in [5.74, 6) is 0.622. The lowest BCUT2D eigenvalue weighted by molar-refractivity contribution is -0.129. The van der Waals surface area contributed by atoms with Crippen molar-refractivity contribution in [3.63, 3.8) is 0 Å². The van der Waals surface area contributed by atoms with Gasteiger partial charge in [0.15, 0.2) is 0 Å². The summed E-state index contributed by atoms with van der Waals surface area (Å²) >= 11 is 0. The fourth-order valence-corrected chi connectivity index (χ4v) is 5.13. The Labute approximate surface area is 201 Å². The third-order valence-electron chi connectivity index (χ3n) is 6.54. The summed E-state index contributed by atoms with van der Waals surface area (Å²) in [5.41, 5.74) is 1.73. The molecule has 4 rings (SSSR count). The Morgan fingerprint density at radius 2 is 1.88 bits per heavy atom. The van der Waals surface area contributed by atoms with Crippen LogP contribution in [0.25, 0.3) is 0 Å². The number of Topliss-reactive ketones (excluding diaryl/α,β-unsaturated/α-hetero) is 1. The molecular formula is C27H35N3O4. The highest BCUT2D eigenvalue weighted by atomic mass is 16.5. The summed E-state index contributed by atoms with van der Waals surface area (Å²) in [4.78, 5) is 41.2. The molecule has 3 aliphatic rings. The SMILES string of the molecule is CC(=O)CC[C@H]1C(OC(C)(C)C)=CC(=O)N1[C@H]1CCN(C2=CC(=O)N[C@H]2Cc2ccccc2)C1. The molecule has 1 aromatic rings. The van der Waals surface area contributed by atoms with Crippen molar-refractivity contribution in [2.24, 2.45) is 0 Å².